The fourth-order valence-corrected chi connectivity index (χ4v) is 4.97. The molecule has 0 aromatic heterocycles. The van der Waals surface area contributed by atoms with Crippen LogP contribution >= 0.6 is 0 Å². The highest BCUT2D eigenvalue weighted by atomic mass is 19.4. The van der Waals surface area contributed by atoms with Crippen molar-refractivity contribution in [3.63, 3.8) is 0 Å². The third-order valence-corrected chi connectivity index (χ3v) is 6.64. The van der Waals surface area contributed by atoms with Gasteiger partial charge in [0.1, 0.15) is 0 Å². The van der Waals surface area contributed by atoms with Crippen molar-refractivity contribution in [1.29, 1.82) is 0 Å². The minimum atomic E-state index is -4.45. The van der Waals surface area contributed by atoms with Gasteiger partial charge < -0.3 is 10.2 Å². The van der Waals surface area contributed by atoms with Gasteiger partial charge in [0, 0.05) is 25.2 Å². The number of hydrogen-bond donors (Lipinski definition) is 1. The lowest BCUT2D eigenvalue weighted by molar-refractivity contribution is -0.140. The number of likely N-dealkylation sites (tertiary alicyclic amines) is 1. The Balaban J connectivity index is 1.35. The molecule has 2 unspecified atom stereocenters. The molecule has 2 heterocycles. The number of hydrogen-bond acceptors (Lipinski definition) is 3. The number of carbonyl (C=O) groups is 3. The Morgan fingerprint density at radius 2 is 1.77 bits per heavy atom. The summed E-state index contributed by atoms with van der Waals surface area (Å²) in [6.45, 7) is 0.737. The highest BCUT2D eigenvalue weighted by molar-refractivity contribution is 5.99. The van der Waals surface area contributed by atoms with Gasteiger partial charge in [-0.2, -0.15) is 13.2 Å². The van der Waals surface area contributed by atoms with E-state index in [1.54, 1.807) is 4.90 Å². The summed E-state index contributed by atoms with van der Waals surface area (Å²) < 4.78 is 38.7. The number of rotatable bonds is 3. The van der Waals surface area contributed by atoms with E-state index in [1.165, 1.54) is 17.0 Å². The van der Waals surface area contributed by atoms with Crippen LogP contribution in [-0.2, 0) is 22.2 Å². The number of piperidine rings is 1. The number of alkyl halides is 3. The van der Waals surface area contributed by atoms with Gasteiger partial charge in [-0.15, -0.1) is 0 Å². The Morgan fingerprint density at radius 1 is 1.06 bits per heavy atom. The Morgan fingerprint density at radius 3 is 2.48 bits per heavy atom. The second-order valence-corrected chi connectivity index (χ2v) is 8.64. The molecule has 4 rings (SSSR count). The highest BCUT2D eigenvalue weighted by Gasteiger charge is 2.45. The number of halogens is 3. The van der Waals surface area contributed by atoms with Gasteiger partial charge in [-0.25, -0.2) is 4.79 Å². The molecule has 3 aliphatic rings. The van der Waals surface area contributed by atoms with Crippen molar-refractivity contribution >= 4 is 17.8 Å². The van der Waals surface area contributed by atoms with Crippen LogP contribution in [0, 0.1) is 5.92 Å². The molecule has 0 bridgehead atoms. The molecule has 1 N–H and O–H groups in total. The molecular weight excluding hydrogens is 411 g/mol. The van der Waals surface area contributed by atoms with Crippen LogP contribution in [0.1, 0.15) is 49.7 Å². The number of amides is 4. The van der Waals surface area contributed by atoms with Crippen molar-refractivity contribution in [2.45, 2.75) is 63.2 Å². The number of benzene rings is 1. The predicted octanol–water partition coefficient (Wildman–Crippen LogP) is 3.35. The fourth-order valence-electron chi connectivity index (χ4n) is 4.97. The lowest BCUT2D eigenvalue weighted by Crippen LogP contribution is -2.64. The maximum absolute atomic E-state index is 12.9. The summed E-state index contributed by atoms with van der Waals surface area (Å²) in [4.78, 5) is 41.0. The number of urea groups is 1. The van der Waals surface area contributed by atoms with Gasteiger partial charge in [-0.05, 0) is 37.3 Å². The van der Waals surface area contributed by atoms with Crippen molar-refractivity contribution in [1.82, 2.24) is 15.1 Å². The molecule has 0 radical (unpaired) electrons. The zero-order valence-corrected chi connectivity index (χ0v) is 17.2. The van der Waals surface area contributed by atoms with E-state index in [2.05, 4.69) is 5.32 Å². The topological polar surface area (TPSA) is 69.7 Å². The van der Waals surface area contributed by atoms with Crippen LogP contribution in [0.3, 0.4) is 0 Å². The maximum atomic E-state index is 12.9. The first-order valence-electron chi connectivity index (χ1n) is 10.8. The zero-order chi connectivity index (χ0) is 22.2. The molecule has 1 aromatic carbocycles. The van der Waals surface area contributed by atoms with E-state index in [-0.39, 0.29) is 42.3 Å². The van der Waals surface area contributed by atoms with E-state index >= 15 is 0 Å². The van der Waals surface area contributed by atoms with Crippen LogP contribution in [0.25, 0.3) is 0 Å². The summed E-state index contributed by atoms with van der Waals surface area (Å²) >= 11 is 0. The summed E-state index contributed by atoms with van der Waals surface area (Å²) in [5.41, 5.74) is -0.456. The second-order valence-electron chi connectivity index (χ2n) is 8.64. The lowest BCUT2D eigenvalue weighted by Gasteiger charge is -2.45. The molecule has 2 saturated heterocycles. The third kappa shape index (κ3) is 4.55. The molecule has 31 heavy (non-hydrogen) atoms. The smallest absolute Gasteiger partial charge is 0.342 e. The van der Waals surface area contributed by atoms with Crippen LogP contribution in [0.4, 0.5) is 18.0 Å². The van der Waals surface area contributed by atoms with E-state index < -0.39 is 11.7 Å². The summed E-state index contributed by atoms with van der Waals surface area (Å²) in [5, 5.41) is 2.97. The van der Waals surface area contributed by atoms with Crippen molar-refractivity contribution in [2.75, 3.05) is 13.1 Å². The van der Waals surface area contributed by atoms with E-state index in [0.29, 0.717) is 31.5 Å². The average molecular weight is 437 g/mol. The summed E-state index contributed by atoms with van der Waals surface area (Å²) in [6, 6.07) is 4.13. The van der Waals surface area contributed by atoms with Crippen molar-refractivity contribution in [2.24, 2.45) is 5.92 Å². The lowest BCUT2D eigenvalue weighted by atomic mass is 9.81. The molecule has 9 heteroatoms. The molecule has 2 aliphatic heterocycles. The fraction of sp³-hybridized carbons (Fsp3) is 0.591. The number of nitrogens with zero attached hydrogens (tertiary/aromatic N) is 2. The highest BCUT2D eigenvalue weighted by Crippen LogP contribution is 2.32. The van der Waals surface area contributed by atoms with E-state index in [9.17, 15) is 27.6 Å². The first-order valence-corrected chi connectivity index (χ1v) is 10.8. The second kappa shape index (κ2) is 8.51. The zero-order valence-electron chi connectivity index (χ0n) is 17.2. The molecule has 1 aromatic rings. The van der Waals surface area contributed by atoms with Crippen molar-refractivity contribution in [3.8, 4) is 0 Å². The van der Waals surface area contributed by atoms with Gasteiger partial charge in [0.25, 0.3) is 0 Å². The van der Waals surface area contributed by atoms with Crippen LogP contribution in [0.2, 0.25) is 0 Å². The van der Waals surface area contributed by atoms with Crippen molar-refractivity contribution in [3.05, 3.63) is 35.4 Å². The molecule has 6 nitrogen and oxygen atoms in total. The predicted molar refractivity (Wildman–Crippen MR) is 106 cm³/mol. The molecule has 4 amide bonds. The Kier molecular flexibility index (Phi) is 5.94. The first-order chi connectivity index (χ1) is 14.7. The van der Waals surface area contributed by atoms with Crippen LogP contribution in [0.5, 0.6) is 0 Å². The van der Waals surface area contributed by atoms with E-state index in [0.717, 1.165) is 37.8 Å². The average Bonchev–Trinajstić information content (AvgIpc) is 2.74. The van der Waals surface area contributed by atoms with Crippen LogP contribution in [0.15, 0.2) is 24.3 Å². The molecular formula is C22H26F3N3O3. The molecule has 168 valence electrons. The minimum Gasteiger partial charge on any atom is -0.342 e. The van der Waals surface area contributed by atoms with E-state index in [1.807, 2.05) is 0 Å². The quantitative estimate of drug-likeness (QED) is 0.789. The van der Waals surface area contributed by atoms with Gasteiger partial charge in [-0.3, -0.25) is 14.5 Å². The van der Waals surface area contributed by atoms with Crippen molar-refractivity contribution < 1.29 is 27.6 Å². The largest absolute Gasteiger partial charge is 0.416 e. The van der Waals surface area contributed by atoms with Gasteiger partial charge in [0.05, 0.1) is 17.9 Å². The maximum Gasteiger partial charge on any atom is 0.416 e. The van der Waals surface area contributed by atoms with E-state index in [4.69, 9.17) is 0 Å². The molecule has 2 atom stereocenters. The minimum absolute atomic E-state index is 0.0703. The van der Waals surface area contributed by atoms with Gasteiger partial charge in [-0.1, -0.05) is 31.0 Å². The standard InChI is InChI=1S/C22H26F3N3O3/c23-22(24,25)15-5-3-4-14(12-15)13-19(29)27-10-8-16(9-11-27)28-20(30)17-6-1-2-7-18(17)26-21(28)31/h3-5,12,16-18H,1-2,6-11,13H2,(H,26,31). The van der Waals surface area contributed by atoms with Gasteiger partial charge in [0.15, 0.2) is 0 Å². The van der Waals surface area contributed by atoms with Gasteiger partial charge >= 0.3 is 12.2 Å². The normalized spacial score (nSPS) is 25.3. The molecule has 3 fully saturated rings. The van der Waals surface area contributed by atoms with Crippen LogP contribution < -0.4 is 5.32 Å². The Bertz CT molecular complexity index is 865. The first kappa shape index (κ1) is 21.6. The number of imide groups is 1. The molecule has 1 saturated carbocycles. The van der Waals surface area contributed by atoms with Crippen LogP contribution in [-0.4, -0.2) is 52.8 Å². The summed E-state index contributed by atoms with van der Waals surface area (Å²) in [6.07, 6.45) is 0.0147. The number of carbonyl (C=O) groups excluding carboxylic acids is 3. The molecule has 1 aliphatic carbocycles. The Hall–Kier alpha value is -2.58. The number of fused-ring (bicyclic) bond motifs is 1. The number of nitrogens with one attached hydrogen (secondary N) is 1. The monoisotopic (exact) mass is 437 g/mol. The summed E-state index contributed by atoms with van der Waals surface area (Å²) in [7, 11) is 0. The Labute approximate surface area is 178 Å². The summed E-state index contributed by atoms with van der Waals surface area (Å²) in [5.74, 6) is -0.520. The molecule has 0 spiro atoms. The third-order valence-electron chi connectivity index (χ3n) is 6.64. The van der Waals surface area contributed by atoms with Gasteiger partial charge in [0.2, 0.25) is 11.8 Å². The SMILES string of the molecule is O=C(Cc1cccc(C(F)(F)F)c1)N1CCC(N2C(=O)NC3CCCCC3C2=O)CC1.